The molecule has 3 rings (SSSR count). The zero-order valence-corrected chi connectivity index (χ0v) is 11.3. The summed E-state index contributed by atoms with van der Waals surface area (Å²) in [5.41, 5.74) is 2.93. The van der Waals surface area contributed by atoms with Gasteiger partial charge in [-0.3, -0.25) is 4.98 Å². The molecular formula is C14H18N4O. The first kappa shape index (κ1) is 12.3. The normalized spacial score (nSPS) is 16.7. The van der Waals surface area contributed by atoms with E-state index < -0.39 is 0 Å². The van der Waals surface area contributed by atoms with Crippen LogP contribution in [0.5, 0.6) is 0 Å². The number of hydrogen-bond donors (Lipinski definition) is 1. The first-order valence-electron chi connectivity index (χ1n) is 6.72. The lowest BCUT2D eigenvalue weighted by atomic mass is 9.98. The third kappa shape index (κ3) is 2.66. The van der Waals surface area contributed by atoms with Gasteiger partial charge in [0.1, 0.15) is 0 Å². The van der Waals surface area contributed by atoms with Gasteiger partial charge < -0.3 is 9.84 Å². The highest BCUT2D eigenvalue weighted by Crippen LogP contribution is 2.26. The third-order valence-electron chi connectivity index (χ3n) is 3.47. The van der Waals surface area contributed by atoms with E-state index in [1.165, 1.54) is 0 Å². The number of aromatic nitrogens is 3. The molecule has 3 heterocycles. The summed E-state index contributed by atoms with van der Waals surface area (Å²) in [6, 6.07) is 3.98. The van der Waals surface area contributed by atoms with Crippen LogP contribution in [0.1, 0.15) is 36.0 Å². The molecule has 2 aromatic heterocycles. The van der Waals surface area contributed by atoms with E-state index in [4.69, 9.17) is 4.52 Å². The van der Waals surface area contributed by atoms with E-state index in [1.54, 1.807) is 0 Å². The van der Waals surface area contributed by atoms with Crippen LogP contribution in [0.15, 0.2) is 16.7 Å². The van der Waals surface area contributed by atoms with Gasteiger partial charge in [-0.15, -0.1) is 0 Å². The Morgan fingerprint density at radius 1 is 1.11 bits per heavy atom. The second-order valence-corrected chi connectivity index (χ2v) is 5.12. The Hall–Kier alpha value is -1.75. The summed E-state index contributed by atoms with van der Waals surface area (Å²) >= 11 is 0. The Morgan fingerprint density at radius 3 is 2.47 bits per heavy atom. The van der Waals surface area contributed by atoms with E-state index in [1.807, 2.05) is 26.0 Å². The van der Waals surface area contributed by atoms with Gasteiger partial charge in [0, 0.05) is 22.9 Å². The number of aryl methyl sites for hydroxylation is 2. The summed E-state index contributed by atoms with van der Waals surface area (Å²) in [7, 11) is 0. The van der Waals surface area contributed by atoms with Crippen LogP contribution in [-0.4, -0.2) is 28.2 Å². The molecule has 5 nitrogen and oxygen atoms in total. The average Bonchev–Trinajstić information content (AvgIpc) is 2.88. The van der Waals surface area contributed by atoms with E-state index in [9.17, 15) is 0 Å². The van der Waals surface area contributed by atoms with Crippen molar-refractivity contribution in [3.05, 3.63) is 29.4 Å². The minimum absolute atomic E-state index is 0.395. The Kier molecular flexibility index (Phi) is 3.29. The Labute approximate surface area is 112 Å². The largest absolute Gasteiger partial charge is 0.339 e. The van der Waals surface area contributed by atoms with Gasteiger partial charge in [-0.2, -0.15) is 4.98 Å². The fourth-order valence-electron chi connectivity index (χ4n) is 2.55. The van der Waals surface area contributed by atoms with E-state index in [-0.39, 0.29) is 0 Å². The van der Waals surface area contributed by atoms with Gasteiger partial charge >= 0.3 is 0 Å². The quantitative estimate of drug-likeness (QED) is 0.894. The maximum absolute atomic E-state index is 5.43. The number of hydrogen-bond acceptors (Lipinski definition) is 5. The fourth-order valence-corrected chi connectivity index (χ4v) is 2.55. The molecule has 1 aliphatic rings. The lowest BCUT2D eigenvalue weighted by Gasteiger charge is -2.18. The van der Waals surface area contributed by atoms with Gasteiger partial charge in [0.25, 0.3) is 0 Å². The van der Waals surface area contributed by atoms with Crippen LogP contribution in [-0.2, 0) is 0 Å². The van der Waals surface area contributed by atoms with Crippen molar-refractivity contribution in [2.24, 2.45) is 0 Å². The molecule has 5 heteroatoms. The monoisotopic (exact) mass is 258 g/mol. The number of pyridine rings is 1. The molecule has 1 saturated heterocycles. The molecule has 100 valence electrons. The molecule has 2 aromatic rings. The minimum atomic E-state index is 0.395. The highest BCUT2D eigenvalue weighted by Gasteiger charge is 2.21. The number of piperidine rings is 1. The van der Waals surface area contributed by atoms with Crippen molar-refractivity contribution in [2.45, 2.75) is 32.6 Å². The molecule has 0 bridgehead atoms. The molecule has 1 N–H and O–H groups in total. The highest BCUT2D eigenvalue weighted by atomic mass is 16.5. The zero-order chi connectivity index (χ0) is 13.2. The minimum Gasteiger partial charge on any atom is -0.339 e. The van der Waals surface area contributed by atoms with Crippen LogP contribution in [0.4, 0.5) is 0 Å². The Balaban J connectivity index is 1.87. The lowest BCUT2D eigenvalue weighted by Crippen LogP contribution is -2.26. The molecule has 0 spiro atoms. The third-order valence-corrected chi connectivity index (χ3v) is 3.47. The predicted molar refractivity (Wildman–Crippen MR) is 71.8 cm³/mol. The van der Waals surface area contributed by atoms with Crippen LogP contribution in [0.2, 0.25) is 0 Å². The molecule has 0 aliphatic carbocycles. The summed E-state index contributed by atoms with van der Waals surface area (Å²) in [5, 5.41) is 7.45. The van der Waals surface area contributed by atoms with Crippen LogP contribution in [0.25, 0.3) is 11.4 Å². The molecule has 1 aliphatic heterocycles. The SMILES string of the molecule is Cc1cc(-c2noc(C3CCNCC3)n2)cc(C)n1. The van der Waals surface area contributed by atoms with Crippen molar-refractivity contribution < 1.29 is 4.52 Å². The van der Waals surface area contributed by atoms with Crippen molar-refractivity contribution >= 4 is 0 Å². The number of nitrogens with zero attached hydrogens (tertiary/aromatic N) is 3. The second-order valence-electron chi connectivity index (χ2n) is 5.12. The highest BCUT2D eigenvalue weighted by molar-refractivity contribution is 5.55. The Morgan fingerprint density at radius 2 is 1.79 bits per heavy atom. The van der Waals surface area contributed by atoms with Gasteiger partial charge in [0.15, 0.2) is 0 Å². The van der Waals surface area contributed by atoms with Crippen molar-refractivity contribution in [1.29, 1.82) is 0 Å². The van der Waals surface area contributed by atoms with E-state index in [0.717, 1.165) is 48.8 Å². The topological polar surface area (TPSA) is 63.8 Å². The van der Waals surface area contributed by atoms with Crippen molar-refractivity contribution in [1.82, 2.24) is 20.4 Å². The molecule has 0 aromatic carbocycles. The predicted octanol–water partition coefficient (Wildman–Crippen LogP) is 2.22. The summed E-state index contributed by atoms with van der Waals surface area (Å²) in [4.78, 5) is 8.92. The maximum atomic E-state index is 5.43. The van der Waals surface area contributed by atoms with Crippen LogP contribution < -0.4 is 5.32 Å². The fraction of sp³-hybridized carbons (Fsp3) is 0.500. The number of nitrogens with one attached hydrogen (secondary N) is 1. The molecule has 0 saturated carbocycles. The standard InChI is InChI=1S/C14H18N4O/c1-9-7-12(8-10(2)16-9)13-17-14(19-18-13)11-3-5-15-6-4-11/h7-8,11,15H,3-6H2,1-2H3. The van der Waals surface area contributed by atoms with Gasteiger partial charge in [-0.05, 0) is 51.9 Å². The first-order valence-corrected chi connectivity index (χ1v) is 6.72. The summed E-state index contributed by atoms with van der Waals surface area (Å²) in [6.07, 6.45) is 2.13. The number of rotatable bonds is 2. The maximum Gasteiger partial charge on any atom is 0.230 e. The molecule has 0 unspecified atom stereocenters. The summed E-state index contributed by atoms with van der Waals surface area (Å²) in [6.45, 7) is 6.00. The molecule has 19 heavy (non-hydrogen) atoms. The van der Waals surface area contributed by atoms with Crippen molar-refractivity contribution in [3.8, 4) is 11.4 Å². The van der Waals surface area contributed by atoms with Gasteiger partial charge in [-0.1, -0.05) is 5.16 Å². The summed E-state index contributed by atoms with van der Waals surface area (Å²) in [5.74, 6) is 1.83. The summed E-state index contributed by atoms with van der Waals surface area (Å²) < 4.78 is 5.43. The molecule has 0 amide bonds. The molecular weight excluding hydrogens is 240 g/mol. The van der Waals surface area contributed by atoms with Gasteiger partial charge in [-0.25, -0.2) is 0 Å². The van der Waals surface area contributed by atoms with E-state index >= 15 is 0 Å². The molecule has 0 atom stereocenters. The second kappa shape index (κ2) is 5.09. The van der Waals surface area contributed by atoms with Crippen molar-refractivity contribution in [2.75, 3.05) is 13.1 Å². The lowest BCUT2D eigenvalue weighted by molar-refractivity contribution is 0.320. The van der Waals surface area contributed by atoms with Crippen LogP contribution in [0.3, 0.4) is 0 Å². The first-order chi connectivity index (χ1) is 9.22. The van der Waals surface area contributed by atoms with E-state index in [0.29, 0.717) is 11.7 Å². The Bertz CT molecular complexity index is 552. The zero-order valence-electron chi connectivity index (χ0n) is 11.3. The smallest absolute Gasteiger partial charge is 0.230 e. The van der Waals surface area contributed by atoms with E-state index in [2.05, 4.69) is 20.4 Å². The van der Waals surface area contributed by atoms with Crippen LogP contribution >= 0.6 is 0 Å². The molecule has 1 fully saturated rings. The van der Waals surface area contributed by atoms with Gasteiger partial charge in [0.2, 0.25) is 11.7 Å². The van der Waals surface area contributed by atoms with Crippen molar-refractivity contribution in [3.63, 3.8) is 0 Å². The van der Waals surface area contributed by atoms with Crippen LogP contribution in [0, 0.1) is 13.8 Å². The van der Waals surface area contributed by atoms with Gasteiger partial charge in [0.05, 0.1) is 0 Å². The molecule has 0 radical (unpaired) electrons. The average molecular weight is 258 g/mol.